The molecule has 1 aromatic carbocycles. The summed E-state index contributed by atoms with van der Waals surface area (Å²) in [6.45, 7) is 7.61. The van der Waals surface area contributed by atoms with Gasteiger partial charge in [-0.25, -0.2) is 4.79 Å². The van der Waals surface area contributed by atoms with Crippen molar-refractivity contribution in [2.45, 2.75) is 45.3 Å². The third-order valence-corrected chi connectivity index (χ3v) is 4.62. The van der Waals surface area contributed by atoms with Crippen molar-refractivity contribution < 1.29 is 9.90 Å². The van der Waals surface area contributed by atoms with E-state index in [9.17, 15) is 4.79 Å². The lowest BCUT2D eigenvalue weighted by Crippen LogP contribution is -2.47. The number of hydrogen-bond donors (Lipinski definition) is 1. The van der Waals surface area contributed by atoms with Crippen LogP contribution in [0.25, 0.3) is 0 Å². The van der Waals surface area contributed by atoms with E-state index in [1.807, 2.05) is 12.1 Å². The number of piperidine rings is 1. The minimum atomic E-state index is -0.857. The van der Waals surface area contributed by atoms with Crippen LogP contribution >= 0.6 is 0 Å². The molecule has 1 saturated heterocycles. The molecule has 1 heterocycles. The largest absolute Gasteiger partial charge is 0.478 e. The molecule has 0 saturated carbocycles. The Morgan fingerprint density at radius 1 is 1.48 bits per heavy atom. The molecule has 1 N–H and O–H groups in total. The van der Waals surface area contributed by atoms with E-state index in [1.54, 1.807) is 12.1 Å². The predicted molar refractivity (Wildman–Crippen MR) is 84.6 cm³/mol. The normalized spacial score (nSPS) is 23.4. The molecule has 4 heteroatoms. The second-order valence-electron chi connectivity index (χ2n) is 6.08. The molecule has 0 bridgehead atoms. The van der Waals surface area contributed by atoms with Gasteiger partial charge in [0.1, 0.15) is 0 Å². The van der Waals surface area contributed by atoms with Crippen LogP contribution in [-0.2, 0) is 6.54 Å². The van der Waals surface area contributed by atoms with Crippen LogP contribution in [-0.4, -0.2) is 53.1 Å². The first-order chi connectivity index (χ1) is 10.0. The van der Waals surface area contributed by atoms with Crippen molar-refractivity contribution in [1.29, 1.82) is 0 Å². The van der Waals surface area contributed by atoms with Crippen LogP contribution in [0, 0.1) is 0 Å². The zero-order valence-electron chi connectivity index (χ0n) is 13.2. The smallest absolute Gasteiger partial charge is 0.335 e. The lowest BCUT2D eigenvalue weighted by Gasteiger charge is -2.40. The number of carboxylic acid groups (broad SMARTS) is 1. The molecule has 1 aromatic rings. The number of carboxylic acids is 1. The van der Waals surface area contributed by atoms with Crippen LogP contribution in [0.2, 0.25) is 0 Å². The van der Waals surface area contributed by atoms with Gasteiger partial charge in [0.05, 0.1) is 5.56 Å². The minimum Gasteiger partial charge on any atom is -0.478 e. The first-order valence-corrected chi connectivity index (χ1v) is 7.77. The summed E-state index contributed by atoms with van der Waals surface area (Å²) in [4.78, 5) is 15.9. The lowest BCUT2D eigenvalue weighted by atomic mass is 9.96. The molecule has 0 amide bonds. The standard InChI is InChI=1S/C17H26N2O2/c1-4-19-9-8-16(10-13(19)2)18(3)12-14-6-5-7-15(11-14)17(20)21/h5-7,11,13,16H,4,8-10,12H2,1-3H3,(H,20,21). The zero-order valence-corrected chi connectivity index (χ0v) is 13.2. The minimum absolute atomic E-state index is 0.370. The quantitative estimate of drug-likeness (QED) is 0.905. The van der Waals surface area contributed by atoms with Crippen molar-refractivity contribution in [3.05, 3.63) is 35.4 Å². The average Bonchev–Trinajstić information content (AvgIpc) is 2.47. The van der Waals surface area contributed by atoms with Crippen LogP contribution in [0.3, 0.4) is 0 Å². The maximum atomic E-state index is 11.0. The SMILES string of the molecule is CCN1CCC(N(C)Cc2cccc(C(=O)O)c2)CC1C. The first kappa shape index (κ1) is 16.0. The van der Waals surface area contributed by atoms with Crippen LogP contribution in [0.15, 0.2) is 24.3 Å². The fraction of sp³-hybridized carbons (Fsp3) is 0.588. The van der Waals surface area contributed by atoms with Gasteiger partial charge in [-0.3, -0.25) is 4.90 Å². The molecule has 1 fully saturated rings. The number of hydrogen-bond acceptors (Lipinski definition) is 3. The summed E-state index contributed by atoms with van der Waals surface area (Å²) in [6, 6.07) is 8.47. The molecule has 1 aliphatic rings. The summed E-state index contributed by atoms with van der Waals surface area (Å²) >= 11 is 0. The van der Waals surface area contributed by atoms with E-state index in [1.165, 1.54) is 12.8 Å². The average molecular weight is 290 g/mol. The van der Waals surface area contributed by atoms with Crippen molar-refractivity contribution in [3.8, 4) is 0 Å². The van der Waals surface area contributed by atoms with Crippen LogP contribution in [0.1, 0.15) is 42.6 Å². The molecule has 2 rings (SSSR count). The van der Waals surface area contributed by atoms with Gasteiger partial charge in [0.2, 0.25) is 0 Å². The van der Waals surface area contributed by atoms with Crippen molar-refractivity contribution in [2.24, 2.45) is 0 Å². The summed E-state index contributed by atoms with van der Waals surface area (Å²) in [5.41, 5.74) is 1.44. The third kappa shape index (κ3) is 4.05. The lowest BCUT2D eigenvalue weighted by molar-refractivity contribution is 0.0696. The Morgan fingerprint density at radius 2 is 2.24 bits per heavy atom. The van der Waals surface area contributed by atoms with Crippen LogP contribution < -0.4 is 0 Å². The highest BCUT2D eigenvalue weighted by atomic mass is 16.4. The zero-order chi connectivity index (χ0) is 15.4. The van der Waals surface area contributed by atoms with Gasteiger partial charge in [0.15, 0.2) is 0 Å². The molecule has 0 spiro atoms. The summed E-state index contributed by atoms with van der Waals surface area (Å²) in [6.07, 6.45) is 2.37. The fourth-order valence-electron chi connectivity index (χ4n) is 3.29. The molecular formula is C17H26N2O2. The Kier molecular flexibility index (Phi) is 5.37. The van der Waals surface area contributed by atoms with Gasteiger partial charge < -0.3 is 10.0 Å². The number of likely N-dealkylation sites (tertiary alicyclic amines) is 1. The Balaban J connectivity index is 1.97. The van der Waals surface area contributed by atoms with E-state index < -0.39 is 5.97 Å². The topological polar surface area (TPSA) is 43.8 Å². The van der Waals surface area contributed by atoms with Crippen molar-refractivity contribution in [1.82, 2.24) is 9.80 Å². The number of benzene rings is 1. The maximum absolute atomic E-state index is 11.0. The van der Waals surface area contributed by atoms with Gasteiger partial charge in [-0.15, -0.1) is 0 Å². The molecule has 4 nitrogen and oxygen atoms in total. The van der Waals surface area contributed by atoms with E-state index in [2.05, 4.69) is 30.7 Å². The number of carbonyl (C=O) groups is 1. The Hall–Kier alpha value is -1.39. The molecule has 2 unspecified atom stereocenters. The van der Waals surface area contributed by atoms with Crippen molar-refractivity contribution in [3.63, 3.8) is 0 Å². The summed E-state index contributed by atoms with van der Waals surface area (Å²) in [5.74, 6) is -0.857. The van der Waals surface area contributed by atoms with Gasteiger partial charge in [0.25, 0.3) is 0 Å². The number of aromatic carboxylic acids is 1. The second-order valence-corrected chi connectivity index (χ2v) is 6.08. The second kappa shape index (κ2) is 7.05. The molecule has 2 atom stereocenters. The monoisotopic (exact) mass is 290 g/mol. The molecule has 116 valence electrons. The third-order valence-electron chi connectivity index (χ3n) is 4.62. The first-order valence-electron chi connectivity index (χ1n) is 7.77. The van der Waals surface area contributed by atoms with E-state index in [0.717, 1.165) is 25.2 Å². The maximum Gasteiger partial charge on any atom is 0.335 e. The summed E-state index contributed by atoms with van der Waals surface area (Å²) in [7, 11) is 2.15. The predicted octanol–water partition coefficient (Wildman–Crippen LogP) is 2.69. The van der Waals surface area contributed by atoms with Crippen LogP contribution in [0.5, 0.6) is 0 Å². The summed E-state index contributed by atoms with van der Waals surface area (Å²) in [5, 5.41) is 9.06. The molecule has 0 aliphatic carbocycles. The molecule has 21 heavy (non-hydrogen) atoms. The van der Waals surface area contributed by atoms with Gasteiger partial charge in [-0.2, -0.15) is 0 Å². The molecular weight excluding hydrogens is 264 g/mol. The Morgan fingerprint density at radius 3 is 2.86 bits per heavy atom. The Labute approximate surface area is 127 Å². The summed E-state index contributed by atoms with van der Waals surface area (Å²) < 4.78 is 0. The number of nitrogens with zero attached hydrogens (tertiary/aromatic N) is 2. The van der Waals surface area contributed by atoms with Crippen molar-refractivity contribution in [2.75, 3.05) is 20.1 Å². The molecule has 0 aromatic heterocycles. The van der Waals surface area contributed by atoms with E-state index in [-0.39, 0.29) is 0 Å². The van der Waals surface area contributed by atoms with Gasteiger partial charge in [-0.1, -0.05) is 19.1 Å². The highest BCUT2D eigenvalue weighted by Crippen LogP contribution is 2.22. The highest BCUT2D eigenvalue weighted by Gasteiger charge is 2.26. The van der Waals surface area contributed by atoms with E-state index >= 15 is 0 Å². The highest BCUT2D eigenvalue weighted by molar-refractivity contribution is 5.87. The van der Waals surface area contributed by atoms with Gasteiger partial charge in [0, 0.05) is 18.6 Å². The number of rotatable bonds is 5. The van der Waals surface area contributed by atoms with Gasteiger partial charge in [-0.05, 0) is 57.6 Å². The Bertz CT molecular complexity index is 489. The van der Waals surface area contributed by atoms with E-state index in [4.69, 9.17) is 5.11 Å². The van der Waals surface area contributed by atoms with Crippen LogP contribution in [0.4, 0.5) is 0 Å². The molecule has 0 radical (unpaired) electrons. The van der Waals surface area contributed by atoms with E-state index in [0.29, 0.717) is 17.6 Å². The fourth-order valence-corrected chi connectivity index (χ4v) is 3.29. The van der Waals surface area contributed by atoms with Gasteiger partial charge >= 0.3 is 5.97 Å². The molecule has 1 aliphatic heterocycles. The van der Waals surface area contributed by atoms with Crippen molar-refractivity contribution >= 4 is 5.97 Å².